The van der Waals surface area contributed by atoms with Crippen LogP contribution in [-0.2, 0) is 11.3 Å². The first-order valence-corrected chi connectivity index (χ1v) is 6.37. The maximum Gasteiger partial charge on any atom is 0.251 e. The molecule has 1 aromatic carbocycles. The Kier molecular flexibility index (Phi) is 3.85. The third-order valence-corrected chi connectivity index (χ3v) is 3.47. The number of carbonyl (C=O) groups is 2. The molecule has 1 aliphatic rings. The van der Waals surface area contributed by atoms with Gasteiger partial charge in [0, 0.05) is 25.7 Å². The Bertz CT molecular complexity index is 513. The summed E-state index contributed by atoms with van der Waals surface area (Å²) in [4.78, 5) is 24.7. The Hall–Kier alpha value is -1.88. The van der Waals surface area contributed by atoms with E-state index in [4.69, 9.17) is 5.73 Å². The zero-order chi connectivity index (χ0) is 14.0. The van der Waals surface area contributed by atoms with E-state index in [2.05, 4.69) is 12.2 Å². The van der Waals surface area contributed by atoms with Crippen molar-refractivity contribution < 1.29 is 9.59 Å². The zero-order valence-corrected chi connectivity index (χ0v) is 11.3. The number of nitrogens with two attached hydrogens (primary N) is 1. The molecule has 1 heterocycles. The lowest BCUT2D eigenvalue weighted by Gasteiger charge is -2.32. The maximum atomic E-state index is 11.6. The standard InChI is InChI=1S/C14H19N3O2/c1-9-6-17(8-13(15)18)7-11-5-10(14(19)16-2)3-4-12(9)11/h3-5,9H,6-8H2,1-2H3,(H2,15,18)(H,16,19). The van der Waals surface area contributed by atoms with Crippen LogP contribution in [0.4, 0.5) is 0 Å². The van der Waals surface area contributed by atoms with Crippen LogP contribution in [0.1, 0.15) is 34.3 Å². The monoisotopic (exact) mass is 261 g/mol. The van der Waals surface area contributed by atoms with E-state index in [1.165, 1.54) is 5.56 Å². The first-order chi connectivity index (χ1) is 9.01. The number of benzene rings is 1. The van der Waals surface area contributed by atoms with Gasteiger partial charge in [0.25, 0.3) is 5.91 Å². The molecule has 5 nitrogen and oxygen atoms in total. The second-order valence-corrected chi connectivity index (χ2v) is 5.03. The molecule has 19 heavy (non-hydrogen) atoms. The van der Waals surface area contributed by atoms with Gasteiger partial charge >= 0.3 is 0 Å². The first kappa shape index (κ1) is 13.5. The Morgan fingerprint density at radius 1 is 1.47 bits per heavy atom. The van der Waals surface area contributed by atoms with Crippen LogP contribution in [0.2, 0.25) is 0 Å². The number of hydrogen-bond donors (Lipinski definition) is 2. The van der Waals surface area contributed by atoms with E-state index >= 15 is 0 Å². The minimum Gasteiger partial charge on any atom is -0.369 e. The van der Waals surface area contributed by atoms with Crippen LogP contribution in [0.25, 0.3) is 0 Å². The number of nitrogens with zero attached hydrogens (tertiary/aromatic N) is 1. The Balaban J connectivity index is 2.27. The van der Waals surface area contributed by atoms with Gasteiger partial charge in [-0.25, -0.2) is 0 Å². The SMILES string of the molecule is CNC(=O)c1ccc2c(c1)CN(CC(N)=O)CC2C. The van der Waals surface area contributed by atoms with Gasteiger partial charge in [-0.1, -0.05) is 13.0 Å². The fraction of sp³-hybridized carbons (Fsp3) is 0.429. The van der Waals surface area contributed by atoms with Crippen LogP contribution < -0.4 is 11.1 Å². The topological polar surface area (TPSA) is 75.4 Å². The average Bonchev–Trinajstić information content (AvgIpc) is 2.36. The summed E-state index contributed by atoms with van der Waals surface area (Å²) >= 11 is 0. The number of rotatable bonds is 3. The molecular formula is C14H19N3O2. The molecule has 1 aliphatic heterocycles. The molecule has 2 rings (SSSR count). The molecule has 0 bridgehead atoms. The zero-order valence-electron chi connectivity index (χ0n) is 11.3. The van der Waals surface area contributed by atoms with E-state index in [9.17, 15) is 9.59 Å². The van der Waals surface area contributed by atoms with E-state index in [1.54, 1.807) is 7.05 Å². The summed E-state index contributed by atoms with van der Waals surface area (Å²) in [7, 11) is 1.61. The maximum absolute atomic E-state index is 11.6. The van der Waals surface area contributed by atoms with Crippen LogP contribution >= 0.6 is 0 Å². The van der Waals surface area contributed by atoms with E-state index < -0.39 is 0 Å². The smallest absolute Gasteiger partial charge is 0.251 e. The van der Waals surface area contributed by atoms with Crippen molar-refractivity contribution in [2.75, 3.05) is 20.1 Å². The molecule has 0 aromatic heterocycles. The van der Waals surface area contributed by atoms with Crippen molar-refractivity contribution >= 4 is 11.8 Å². The van der Waals surface area contributed by atoms with E-state index in [0.717, 1.165) is 12.1 Å². The molecule has 1 unspecified atom stereocenters. The van der Waals surface area contributed by atoms with Crippen molar-refractivity contribution in [1.82, 2.24) is 10.2 Å². The van der Waals surface area contributed by atoms with Gasteiger partial charge in [0.2, 0.25) is 5.91 Å². The number of nitrogens with one attached hydrogen (secondary N) is 1. The predicted molar refractivity (Wildman–Crippen MR) is 72.7 cm³/mol. The number of amides is 2. The molecule has 1 aromatic rings. The molecule has 3 N–H and O–H groups in total. The molecule has 102 valence electrons. The van der Waals surface area contributed by atoms with Crippen molar-refractivity contribution in [2.45, 2.75) is 19.4 Å². The summed E-state index contributed by atoms with van der Waals surface area (Å²) in [6.45, 7) is 3.85. The minimum atomic E-state index is -0.321. The summed E-state index contributed by atoms with van der Waals surface area (Å²) < 4.78 is 0. The molecule has 0 fully saturated rings. The van der Waals surface area contributed by atoms with Gasteiger partial charge in [0.15, 0.2) is 0 Å². The van der Waals surface area contributed by atoms with E-state index in [0.29, 0.717) is 18.0 Å². The molecule has 0 aliphatic carbocycles. The van der Waals surface area contributed by atoms with Gasteiger partial charge in [-0.15, -0.1) is 0 Å². The number of hydrogen-bond acceptors (Lipinski definition) is 3. The van der Waals surface area contributed by atoms with E-state index in [1.807, 2.05) is 23.1 Å². The lowest BCUT2D eigenvalue weighted by molar-refractivity contribution is -0.119. The van der Waals surface area contributed by atoms with Crippen LogP contribution in [0.3, 0.4) is 0 Å². The molecular weight excluding hydrogens is 242 g/mol. The largest absolute Gasteiger partial charge is 0.369 e. The van der Waals surface area contributed by atoms with Crippen molar-refractivity contribution in [1.29, 1.82) is 0 Å². The first-order valence-electron chi connectivity index (χ1n) is 6.37. The molecule has 0 spiro atoms. The van der Waals surface area contributed by atoms with Gasteiger partial charge in [0.05, 0.1) is 6.54 Å². The highest BCUT2D eigenvalue weighted by molar-refractivity contribution is 5.94. The Morgan fingerprint density at radius 3 is 2.84 bits per heavy atom. The van der Waals surface area contributed by atoms with Crippen LogP contribution in [0.5, 0.6) is 0 Å². The fourth-order valence-corrected chi connectivity index (χ4v) is 2.64. The average molecular weight is 261 g/mol. The summed E-state index contributed by atoms with van der Waals surface area (Å²) in [6, 6.07) is 5.75. The van der Waals surface area contributed by atoms with Crippen LogP contribution in [0, 0.1) is 0 Å². The molecule has 0 saturated heterocycles. The van der Waals surface area contributed by atoms with Crippen molar-refractivity contribution in [3.05, 3.63) is 34.9 Å². The second kappa shape index (κ2) is 5.40. The number of primary amides is 1. The highest BCUT2D eigenvalue weighted by atomic mass is 16.2. The minimum absolute atomic E-state index is 0.0949. The molecule has 5 heteroatoms. The molecule has 2 amide bonds. The normalized spacial score (nSPS) is 18.7. The molecule has 1 atom stereocenters. The van der Waals surface area contributed by atoms with Gasteiger partial charge in [0.1, 0.15) is 0 Å². The quantitative estimate of drug-likeness (QED) is 0.829. The Labute approximate surface area is 112 Å². The third kappa shape index (κ3) is 2.93. The van der Waals surface area contributed by atoms with Gasteiger partial charge in [-0.05, 0) is 29.2 Å². The van der Waals surface area contributed by atoms with E-state index in [-0.39, 0.29) is 18.4 Å². The lowest BCUT2D eigenvalue weighted by Crippen LogP contribution is -2.38. The molecule has 0 saturated carbocycles. The number of fused-ring (bicyclic) bond motifs is 1. The second-order valence-electron chi connectivity index (χ2n) is 5.03. The number of carbonyl (C=O) groups excluding carboxylic acids is 2. The van der Waals surface area contributed by atoms with Crippen molar-refractivity contribution in [2.24, 2.45) is 5.73 Å². The lowest BCUT2D eigenvalue weighted by atomic mass is 9.89. The fourth-order valence-electron chi connectivity index (χ4n) is 2.64. The van der Waals surface area contributed by atoms with Crippen LogP contribution in [0.15, 0.2) is 18.2 Å². The van der Waals surface area contributed by atoms with Gasteiger partial charge in [-0.2, -0.15) is 0 Å². The highest BCUT2D eigenvalue weighted by Gasteiger charge is 2.23. The highest BCUT2D eigenvalue weighted by Crippen LogP contribution is 2.28. The molecule has 0 radical (unpaired) electrons. The van der Waals surface area contributed by atoms with Gasteiger partial charge in [-0.3, -0.25) is 14.5 Å². The summed E-state index contributed by atoms with van der Waals surface area (Å²) in [5.74, 6) is -0.0811. The van der Waals surface area contributed by atoms with Crippen LogP contribution in [-0.4, -0.2) is 36.9 Å². The Morgan fingerprint density at radius 2 is 2.21 bits per heavy atom. The van der Waals surface area contributed by atoms with Crippen molar-refractivity contribution in [3.8, 4) is 0 Å². The summed E-state index contributed by atoms with van der Waals surface area (Å²) in [5, 5.41) is 2.62. The van der Waals surface area contributed by atoms with Gasteiger partial charge < -0.3 is 11.1 Å². The van der Waals surface area contributed by atoms with Crippen molar-refractivity contribution in [3.63, 3.8) is 0 Å². The summed E-state index contributed by atoms with van der Waals surface area (Å²) in [6.07, 6.45) is 0. The predicted octanol–water partition coefficient (Wildman–Crippen LogP) is 0.451. The summed E-state index contributed by atoms with van der Waals surface area (Å²) in [5.41, 5.74) is 8.23. The third-order valence-electron chi connectivity index (χ3n) is 3.47.